The van der Waals surface area contributed by atoms with Gasteiger partial charge in [0, 0.05) is 25.2 Å². The van der Waals surface area contributed by atoms with Gasteiger partial charge >= 0.3 is 0 Å². The van der Waals surface area contributed by atoms with E-state index >= 15 is 0 Å². The molecule has 1 saturated heterocycles. The van der Waals surface area contributed by atoms with E-state index in [1.165, 1.54) is 5.56 Å². The van der Waals surface area contributed by atoms with Crippen molar-refractivity contribution < 1.29 is 9.47 Å². The highest BCUT2D eigenvalue weighted by Crippen LogP contribution is 2.20. The lowest BCUT2D eigenvalue weighted by atomic mass is 10.1. The van der Waals surface area contributed by atoms with Gasteiger partial charge in [0.1, 0.15) is 5.75 Å². The molecule has 0 saturated carbocycles. The number of ether oxygens (including phenoxy) is 2. The van der Waals surface area contributed by atoms with Gasteiger partial charge in [-0.2, -0.15) is 0 Å². The Balaban J connectivity index is 2.18. The average molecular weight is 274 g/mol. The van der Waals surface area contributed by atoms with Crippen molar-refractivity contribution in [3.63, 3.8) is 0 Å². The molecule has 0 radical (unpaired) electrons. The average Bonchev–Trinajstić information content (AvgIpc) is 2.46. The molecular weight excluding hydrogens is 252 g/mol. The van der Waals surface area contributed by atoms with Crippen LogP contribution in [-0.2, 0) is 11.3 Å². The molecule has 1 unspecified atom stereocenters. The summed E-state index contributed by atoms with van der Waals surface area (Å²) in [6.07, 6.45) is 0.285. The molecule has 108 valence electrons. The summed E-state index contributed by atoms with van der Waals surface area (Å²) in [6, 6.07) is 5.99. The Kier molecular flexibility index (Phi) is 5.42. The van der Waals surface area contributed by atoms with Crippen molar-refractivity contribution in [2.75, 3.05) is 33.4 Å². The zero-order valence-corrected chi connectivity index (χ0v) is 12.2. The number of nitrogens with zero attached hydrogens (tertiary/aromatic N) is 1. The molecule has 0 bridgehead atoms. The predicted molar refractivity (Wildman–Crippen MR) is 79.6 cm³/mol. The second-order valence-corrected chi connectivity index (χ2v) is 4.95. The largest absolute Gasteiger partial charge is 0.497 e. The first-order valence-electron chi connectivity index (χ1n) is 6.92. The number of nitrogens with two attached hydrogens (primary N) is 1. The van der Waals surface area contributed by atoms with Crippen LogP contribution in [-0.4, -0.2) is 44.4 Å². The lowest BCUT2D eigenvalue weighted by molar-refractivity contribution is -0.0212. The van der Waals surface area contributed by atoms with E-state index in [1.807, 2.05) is 12.1 Å². The Bertz CT molecular complexity index is 505. The van der Waals surface area contributed by atoms with E-state index in [1.54, 1.807) is 7.11 Å². The number of morpholine rings is 1. The maximum Gasteiger partial charge on any atom is 0.119 e. The normalized spacial score (nSPS) is 19.2. The van der Waals surface area contributed by atoms with Gasteiger partial charge in [0.25, 0.3) is 0 Å². The number of hydrogen-bond acceptors (Lipinski definition) is 4. The van der Waals surface area contributed by atoms with E-state index in [0.29, 0.717) is 6.54 Å². The minimum Gasteiger partial charge on any atom is -0.497 e. The summed E-state index contributed by atoms with van der Waals surface area (Å²) in [5, 5.41) is 0. The zero-order valence-electron chi connectivity index (χ0n) is 12.2. The lowest BCUT2D eigenvalue weighted by Gasteiger charge is -2.31. The van der Waals surface area contributed by atoms with Crippen LogP contribution in [0, 0.1) is 11.8 Å². The molecule has 2 N–H and O–H groups in total. The van der Waals surface area contributed by atoms with Gasteiger partial charge in [-0.05, 0) is 30.7 Å². The highest BCUT2D eigenvalue weighted by atomic mass is 16.5. The van der Waals surface area contributed by atoms with E-state index in [2.05, 4.69) is 29.7 Å². The Morgan fingerprint density at radius 2 is 2.35 bits per heavy atom. The van der Waals surface area contributed by atoms with Crippen LogP contribution in [0.4, 0.5) is 0 Å². The molecule has 20 heavy (non-hydrogen) atoms. The standard InChI is InChI=1S/C16H22N2O2/c1-13-11-18(8-9-20-13)12-15-10-16(19-2)6-5-14(15)4-3-7-17/h5-6,10,13H,7-9,11-12,17H2,1-2H3. The molecule has 1 atom stereocenters. The minimum absolute atomic E-state index is 0.285. The van der Waals surface area contributed by atoms with E-state index in [0.717, 1.165) is 37.6 Å². The monoisotopic (exact) mass is 274 g/mol. The maximum absolute atomic E-state index is 5.57. The molecule has 0 aliphatic carbocycles. The quantitative estimate of drug-likeness (QED) is 0.842. The minimum atomic E-state index is 0.285. The van der Waals surface area contributed by atoms with Crippen LogP contribution in [0.1, 0.15) is 18.1 Å². The van der Waals surface area contributed by atoms with Gasteiger partial charge in [0.15, 0.2) is 0 Å². The van der Waals surface area contributed by atoms with Crippen LogP contribution in [0.15, 0.2) is 18.2 Å². The number of rotatable bonds is 3. The Labute approximate surface area is 120 Å². The number of hydrogen-bond donors (Lipinski definition) is 1. The molecule has 1 aliphatic rings. The highest BCUT2D eigenvalue weighted by Gasteiger charge is 2.17. The first-order chi connectivity index (χ1) is 9.72. The fourth-order valence-corrected chi connectivity index (χ4v) is 2.37. The third-order valence-corrected chi connectivity index (χ3v) is 3.36. The SMILES string of the molecule is COc1ccc(C#CCN)c(CN2CCOC(C)C2)c1. The summed E-state index contributed by atoms with van der Waals surface area (Å²) in [7, 11) is 1.68. The second kappa shape index (κ2) is 7.30. The van der Waals surface area contributed by atoms with E-state index in [9.17, 15) is 0 Å². The molecule has 0 spiro atoms. The molecule has 1 fully saturated rings. The fraction of sp³-hybridized carbons (Fsp3) is 0.500. The van der Waals surface area contributed by atoms with Crippen molar-refractivity contribution >= 4 is 0 Å². The summed E-state index contributed by atoms with van der Waals surface area (Å²) < 4.78 is 10.9. The van der Waals surface area contributed by atoms with E-state index in [-0.39, 0.29) is 6.10 Å². The van der Waals surface area contributed by atoms with Crippen molar-refractivity contribution in [3.05, 3.63) is 29.3 Å². The molecule has 0 aromatic heterocycles. The lowest BCUT2D eigenvalue weighted by Crippen LogP contribution is -2.40. The maximum atomic E-state index is 5.57. The van der Waals surface area contributed by atoms with Gasteiger partial charge in [0.2, 0.25) is 0 Å². The van der Waals surface area contributed by atoms with Gasteiger partial charge in [-0.25, -0.2) is 0 Å². The molecule has 4 heteroatoms. The molecular formula is C16H22N2O2. The first kappa shape index (κ1) is 14.9. The first-order valence-corrected chi connectivity index (χ1v) is 6.92. The fourth-order valence-electron chi connectivity index (χ4n) is 2.37. The predicted octanol–water partition coefficient (Wildman–Crippen LogP) is 1.23. The van der Waals surface area contributed by atoms with Crippen molar-refractivity contribution in [3.8, 4) is 17.6 Å². The smallest absolute Gasteiger partial charge is 0.119 e. The molecule has 0 amide bonds. The summed E-state index contributed by atoms with van der Waals surface area (Å²) in [4.78, 5) is 2.39. The van der Waals surface area contributed by atoms with Crippen LogP contribution in [0.2, 0.25) is 0 Å². The van der Waals surface area contributed by atoms with Gasteiger partial charge in [-0.3, -0.25) is 4.90 Å². The highest BCUT2D eigenvalue weighted by molar-refractivity contribution is 5.45. The summed E-state index contributed by atoms with van der Waals surface area (Å²) >= 11 is 0. The van der Waals surface area contributed by atoms with Gasteiger partial charge in [-0.15, -0.1) is 0 Å². The molecule has 1 aromatic carbocycles. The molecule has 4 nitrogen and oxygen atoms in total. The van der Waals surface area contributed by atoms with Crippen LogP contribution in [0.25, 0.3) is 0 Å². The van der Waals surface area contributed by atoms with Crippen LogP contribution in [0.5, 0.6) is 5.75 Å². The number of benzene rings is 1. The van der Waals surface area contributed by atoms with Crippen LogP contribution in [0.3, 0.4) is 0 Å². The van der Waals surface area contributed by atoms with Crippen molar-refractivity contribution in [2.45, 2.75) is 19.6 Å². The van der Waals surface area contributed by atoms with Crippen LogP contribution < -0.4 is 10.5 Å². The Morgan fingerprint density at radius 3 is 3.05 bits per heavy atom. The van der Waals surface area contributed by atoms with E-state index in [4.69, 9.17) is 15.2 Å². The van der Waals surface area contributed by atoms with Gasteiger partial charge in [0.05, 0.1) is 26.4 Å². The molecule has 1 aromatic rings. The van der Waals surface area contributed by atoms with Crippen molar-refractivity contribution in [2.24, 2.45) is 5.73 Å². The summed E-state index contributed by atoms with van der Waals surface area (Å²) in [5.41, 5.74) is 7.66. The summed E-state index contributed by atoms with van der Waals surface area (Å²) in [5.74, 6) is 6.92. The number of methoxy groups -OCH3 is 1. The second-order valence-electron chi connectivity index (χ2n) is 4.95. The third kappa shape index (κ3) is 3.97. The van der Waals surface area contributed by atoms with E-state index < -0.39 is 0 Å². The Hall–Kier alpha value is -1.54. The van der Waals surface area contributed by atoms with Gasteiger partial charge < -0.3 is 15.2 Å². The van der Waals surface area contributed by atoms with Crippen molar-refractivity contribution in [1.29, 1.82) is 0 Å². The zero-order chi connectivity index (χ0) is 14.4. The van der Waals surface area contributed by atoms with Crippen molar-refractivity contribution in [1.82, 2.24) is 4.90 Å². The topological polar surface area (TPSA) is 47.7 Å². The van der Waals surface area contributed by atoms with Gasteiger partial charge in [-0.1, -0.05) is 11.8 Å². The van der Waals surface area contributed by atoms with Crippen LogP contribution >= 0.6 is 0 Å². The molecule has 1 heterocycles. The molecule has 1 aliphatic heterocycles. The molecule has 2 rings (SSSR count). The third-order valence-electron chi connectivity index (χ3n) is 3.36. The summed E-state index contributed by atoms with van der Waals surface area (Å²) in [6.45, 7) is 6.02. The Morgan fingerprint density at radius 1 is 1.50 bits per heavy atom.